The van der Waals surface area contributed by atoms with Crippen molar-refractivity contribution in [2.45, 2.75) is 13.5 Å². The number of ether oxygens (including phenoxy) is 1. The van der Waals surface area contributed by atoms with E-state index in [1.165, 1.54) is 0 Å². The van der Waals surface area contributed by atoms with Crippen molar-refractivity contribution >= 4 is 17.5 Å². The van der Waals surface area contributed by atoms with E-state index in [1.54, 1.807) is 26.4 Å². The monoisotopic (exact) mass is 342 g/mol. The SMILES string of the molecule is COc1cncc(NCc2ccc(N3CCN(C(C)=O)CC3)nc2)n1. The maximum absolute atomic E-state index is 11.4. The maximum atomic E-state index is 11.4. The minimum atomic E-state index is 0.134. The van der Waals surface area contributed by atoms with Gasteiger partial charge in [0.25, 0.3) is 0 Å². The lowest BCUT2D eigenvalue weighted by Crippen LogP contribution is -2.48. The number of rotatable bonds is 5. The Morgan fingerprint density at radius 1 is 1.20 bits per heavy atom. The van der Waals surface area contributed by atoms with E-state index in [1.807, 2.05) is 23.2 Å². The van der Waals surface area contributed by atoms with Crippen LogP contribution in [-0.2, 0) is 11.3 Å². The summed E-state index contributed by atoms with van der Waals surface area (Å²) in [6.07, 6.45) is 5.07. The van der Waals surface area contributed by atoms with E-state index in [2.05, 4.69) is 25.2 Å². The topological polar surface area (TPSA) is 83.5 Å². The standard InChI is InChI=1S/C17H22N6O2/c1-13(24)22-5-7-23(8-6-22)16-4-3-14(10-20-16)9-19-15-11-18-12-17(21-15)25-2/h3-4,10-12H,5-9H2,1-2H3,(H,19,21). The number of nitrogens with zero attached hydrogens (tertiary/aromatic N) is 5. The molecule has 3 heterocycles. The van der Waals surface area contributed by atoms with E-state index in [-0.39, 0.29) is 5.91 Å². The Kier molecular flexibility index (Phi) is 5.27. The van der Waals surface area contributed by atoms with Gasteiger partial charge in [-0.25, -0.2) is 4.98 Å². The van der Waals surface area contributed by atoms with Crippen molar-refractivity contribution in [1.82, 2.24) is 19.9 Å². The van der Waals surface area contributed by atoms with Crippen LogP contribution in [-0.4, -0.2) is 59.0 Å². The quantitative estimate of drug-likeness (QED) is 0.873. The van der Waals surface area contributed by atoms with Crippen molar-refractivity contribution in [2.75, 3.05) is 43.5 Å². The summed E-state index contributed by atoms with van der Waals surface area (Å²) in [5.41, 5.74) is 1.05. The Labute approximate surface area is 146 Å². The van der Waals surface area contributed by atoms with Crippen LogP contribution in [0.1, 0.15) is 12.5 Å². The molecule has 8 nitrogen and oxygen atoms in total. The highest BCUT2D eigenvalue weighted by molar-refractivity contribution is 5.73. The number of methoxy groups -OCH3 is 1. The van der Waals surface area contributed by atoms with Crippen LogP contribution < -0.4 is 15.0 Å². The third-order valence-corrected chi connectivity index (χ3v) is 4.15. The highest BCUT2D eigenvalue weighted by Gasteiger charge is 2.19. The van der Waals surface area contributed by atoms with Crippen LogP contribution in [0.25, 0.3) is 0 Å². The van der Waals surface area contributed by atoms with E-state index in [0.717, 1.165) is 37.6 Å². The molecular weight excluding hydrogens is 320 g/mol. The number of anilines is 2. The molecule has 8 heteroatoms. The Hall–Kier alpha value is -2.90. The fraction of sp³-hybridized carbons (Fsp3) is 0.412. The number of hydrogen-bond donors (Lipinski definition) is 1. The lowest BCUT2D eigenvalue weighted by Gasteiger charge is -2.34. The van der Waals surface area contributed by atoms with Crippen LogP contribution in [0.4, 0.5) is 11.6 Å². The van der Waals surface area contributed by atoms with E-state index >= 15 is 0 Å². The van der Waals surface area contributed by atoms with Gasteiger partial charge < -0.3 is 19.9 Å². The highest BCUT2D eigenvalue weighted by Crippen LogP contribution is 2.15. The van der Waals surface area contributed by atoms with Gasteiger partial charge in [-0.15, -0.1) is 0 Å². The smallest absolute Gasteiger partial charge is 0.233 e. The number of hydrogen-bond acceptors (Lipinski definition) is 7. The predicted molar refractivity (Wildman–Crippen MR) is 94.6 cm³/mol. The Bertz CT molecular complexity index is 713. The van der Waals surface area contributed by atoms with E-state index in [9.17, 15) is 4.79 Å². The summed E-state index contributed by atoms with van der Waals surface area (Å²) >= 11 is 0. The minimum Gasteiger partial charge on any atom is -0.480 e. The second-order valence-electron chi connectivity index (χ2n) is 5.82. The first kappa shape index (κ1) is 16.9. The highest BCUT2D eigenvalue weighted by atomic mass is 16.5. The molecule has 3 rings (SSSR count). The Balaban J connectivity index is 1.54. The fourth-order valence-corrected chi connectivity index (χ4v) is 2.68. The van der Waals surface area contributed by atoms with Crippen molar-refractivity contribution in [3.63, 3.8) is 0 Å². The molecule has 1 amide bonds. The van der Waals surface area contributed by atoms with E-state index in [4.69, 9.17) is 4.74 Å². The van der Waals surface area contributed by atoms with Gasteiger partial charge in [-0.2, -0.15) is 4.98 Å². The molecule has 1 N–H and O–H groups in total. The number of amides is 1. The number of carbonyl (C=O) groups is 1. The van der Waals surface area contributed by atoms with Gasteiger partial charge in [-0.05, 0) is 11.6 Å². The molecule has 0 unspecified atom stereocenters. The van der Waals surface area contributed by atoms with Crippen LogP contribution in [0, 0.1) is 0 Å². The van der Waals surface area contributed by atoms with Gasteiger partial charge in [0, 0.05) is 45.8 Å². The zero-order chi connectivity index (χ0) is 17.6. The molecule has 1 fully saturated rings. The van der Waals surface area contributed by atoms with Gasteiger partial charge in [-0.3, -0.25) is 9.78 Å². The summed E-state index contributed by atoms with van der Waals surface area (Å²) in [7, 11) is 1.56. The molecular formula is C17H22N6O2. The largest absolute Gasteiger partial charge is 0.480 e. The molecule has 1 aliphatic rings. The zero-order valence-electron chi connectivity index (χ0n) is 14.5. The molecule has 0 saturated carbocycles. The first-order valence-electron chi connectivity index (χ1n) is 8.21. The third kappa shape index (κ3) is 4.34. The first-order chi connectivity index (χ1) is 12.2. The van der Waals surface area contributed by atoms with Crippen LogP contribution in [0.5, 0.6) is 5.88 Å². The average molecular weight is 342 g/mol. The van der Waals surface area contributed by atoms with Crippen LogP contribution >= 0.6 is 0 Å². The number of pyridine rings is 1. The van der Waals surface area contributed by atoms with Crippen LogP contribution in [0.2, 0.25) is 0 Å². The first-order valence-corrected chi connectivity index (χ1v) is 8.21. The van der Waals surface area contributed by atoms with Gasteiger partial charge in [-0.1, -0.05) is 6.07 Å². The van der Waals surface area contributed by atoms with Crippen molar-refractivity contribution < 1.29 is 9.53 Å². The molecule has 25 heavy (non-hydrogen) atoms. The predicted octanol–water partition coefficient (Wildman–Crippen LogP) is 1.16. The van der Waals surface area contributed by atoms with Crippen molar-refractivity contribution in [2.24, 2.45) is 0 Å². The molecule has 1 saturated heterocycles. The summed E-state index contributed by atoms with van der Waals surface area (Å²) in [6, 6.07) is 4.05. The van der Waals surface area contributed by atoms with Gasteiger partial charge in [0.1, 0.15) is 11.6 Å². The minimum absolute atomic E-state index is 0.134. The fourth-order valence-electron chi connectivity index (χ4n) is 2.68. The molecule has 0 aliphatic carbocycles. The number of nitrogens with one attached hydrogen (secondary N) is 1. The Morgan fingerprint density at radius 3 is 2.64 bits per heavy atom. The van der Waals surface area contributed by atoms with E-state index in [0.29, 0.717) is 18.2 Å². The third-order valence-electron chi connectivity index (χ3n) is 4.15. The van der Waals surface area contributed by atoms with Gasteiger partial charge in [0.15, 0.2) is 0 Å². The number of aromatic nitrogens is 3. The maximum Gasteiger partial charge on any atom is 0.233 e. The second kappa shape index (κ2) is 7.78. The van der Waals surface area contributed by atoms with Gasteiger partial charge >= 0.3 is 0 Å². The molecule has 1 aliphatic heterocycles. The molecule has 132 valence electrons. The second-order valence-corrected chi connectivity index (χ2v) is 5.82. The summed E-state index contributed by atoms with van der Waals surface area (Å²) in [5.74, 6) is 2.20. The molecule has 2 aromatic rings. The number of piperazine rings is 1. The van der Waals surface area contributed by atoms with Crippen molar-refractivity contribution in [3.05, 3.63) is 36.3 Å². The molecule has 0 bridgehead atoms. The van der Waals surface area contributed by atoms with E-state index < -0.39 is 0 Å². The Morgan fingerprint density at radius 2 is 2.00 bits per heavy atom. The summed E-state index contributed by atoms with van der Waals surface area (Å²) < 4.78 is 5.06. The van der Waals surface area contributed by atoms with Gasteiger partial charge in [0.05, 0.1) is 19.5 Å². The molecule has 2 aromatic heterocycles. The van der Waals surface area contributed by atoms with Crippen LogP contribution in [0.3, 0.4) is 0 Å². The van der Waals surface area contributed by atoms with Crippen molar-refractivity contribution in [3.8, 4) is 5.88 Å². The van der Waals surface area contributed by atoms with Gasteiger partial charge in [0.2, 0.25) is 11.8 Å². The molecule has 0 aromatic carbocycles. The normalized spacial score (nSPS) is 14.3. The summed E-state index contributed by atoms with van der Waals surface area (Å²) in [4.78, 5) is 28.3. The lowest BCUT2D eigenvalue weighted by atomic mass is 10.2. The summed E-state index contributed by atoms with van der Waals surface area (Å²) in [5, 5.41) is 3.20. The average Bonchev–Trinajstić information content (AvgIpc) is 2.67. The zero-order valence-corrected chi connectivity index (χ0v) is 14.5. The van der Waals surface area contributed by atoms with Crippen molar-refractivity contribution in [1.29, 1.82) is 0 Å². The lowest BCUT2D eigenvalue weighted by molar-refractivity contribution is -0.129. The molecule has 0 spiro atoms. The number of carbonyl (C=O) groups excluding carboxylic acids is 1. The summed E-state index contributed by atoms with van der Waals surface area (Å²) in [6.45, 7) is 5.33. The molecule has 0 atom stereocenters. The molecule has 0 radical (unpaired) electrons. The van der Waals surface area contributed by atoms with Crippen LogP contribution in [0.15, 0.2) is 30.7 Å².